The first-order valence-corrected chi connectivity index (χ1v) is 12.1. The minimum Gasteiger partial charge on any atom is -0.493 e. The van der Waals surface area contributed by atoms with E-state index in [0.717, 1.165) is 27.7 Å². The van der Waals surface area contributed by atoms with Gasteiger partial charge in [-0.05, 0) is 73.4 Å². The summed E-state index contributed by atoms with van der Waals surface area (Å²) in [6.45, 7) is 6.56. The molecule has 0 saturated carbocycles. The van der Waals surface area contributed by atoms with Crippen LogP contribution in [0.25, 0.3) is 6.08 Å². The van der Waals surface area contributed by atoms with Crippen molar-refractivity contribution in [2.24, 2.45) is 0 Å². The van der Waals surface area contributed by atoms with E-state index in [9.17, 15) is 4.79 Å². The van der Waals surface area contributed by atoms with Crippen LogP contribution in [0.2, 0.25) is 0 Å². The molecule has 0 fully saturated rings. The van der Waals surface area contributed by atoms with Crippen molar-refractivity contribution in [3.63, 3.8) is 0 Å². The Morgan fingerprint density at radius 1 is 0.941 bits per heavy atom. The number of benzene rings is 3. The second-order valence-corrected chi connectivity index (χ2v) is 10.4. The molecule has 1 unspecified atom stereocenters. The molecule has 1 amide bonds. The summed E-state index contributed by atoms with van der Waals surface area (Å²) in [5.41, 5.74) is 3.61. The predicted molar refractivity (Wildman–Crippen MR) is 142 cm³/mol. The number of methoxy groups -OCH3 is 2. The number of halogens is 1. The molecule has 1 aliphatic heterocycles. The Kier molecular flexibility index (Phi) is 6.59. The number of rotatable bonds is 5. The van der Waals surface area contributed by atoms with Gasteiger partial charge >= 0.3 is 0 Å². The highest BCUT2D eigenvalue weighted by atomic mass is 79.9. The molecular formula is C29H30BrNO3. The Bertz CT molecular complexity index is 1230. The molecule has 1 aliphatic rings. The summed E-state index contributed by atoms with van der Waals surface area (Å²) in [7, 11) is 3.21. The van der Waals surface area contributed by atoms with Gasteiger partial charge in [-0.2, -0.15) is 0 Å². The van der Waals surface area contributed by atoms with E-state index < -0.39 is 5.54 Å². The van der Waals surface area contributed by atoms with Crippen molar-refractivity contribution >= 4 is 33.6 Å². The van der Waals surface area contributed by atoms with E-state index in [0.29, 0.717) is 11.5 Å². The zero-order valence-corrected chi connectivity index (χ0v) is 21.8. The average molecular weight is 520 g/mol. The summed E-state index contributed by atoms with van der Waals surface area (Å²) in [5.74, 6) is 1.24. The van der Waals surface area contributed by atoms with Crippen LogP contribution in [0.5, 0.6) is 11.5 Å². The number of ether oxygens (including phenoxy) is 2. The molecule has 3 aromatic carbocycles. The third-order valence-corrected chi connectivity index (χ3v) is 7.19. The van der Waals surface area contributed by atoms with E-state index in [4.69, 9.17) is 9.47 Å². The van der Waals surface area contributed by atoms with E-state index in [2.05, 4.69) is 79.2 Å². The highest BCUT2D eigenvalue weighted by molar-refractivity contribution is 9.10. The van der Waals surface area contributed by atoms with Gasteiger partial charge in [-0.3, -0.25) is 4.79 Å². The lowest BCUT2D eigenvalue weighted by atomic mass is 9.65. The molecule has 1 heterocycles. The molecule has 0 aliphatic carbocycles. The zero-order valence-electron chi connectivity index (χ0n) is 20.3. The van der Waals surface area contributed by atoms with E-state index in [-0.39, 0.29) is 11.3 Å². The van der Waals surface area contributed by atoms with Gasteiger partial charge in [-0.15, -0.1) is 0 Å². The fourth-order valence-corrected chi connectivity index (χ4v) is 5.46. The summed E-state index contributed by atoms with van der Waals surface area (Å²) in [5, 5.41) is 0. The molecule has 0 N–H and O–H groups in total. The van der Waals surface area contributed by atoms with E-state index >= 15 is 0 Å². The van der Waals surface area contributed by atoms with Crippen LogP contribution >= 0.6 is 15.9 Å². The van der Waals surface area contributed by atoms with Crippen molar-refractivity contribution in [3.05, 3.63) is 94.0 Å². The smallest absolute Gasteiger partial charge is 0.251 e. The number of carbonyl (C=O) groups excluding carboxylic acids is 1. The number of hydrogen-bond donors (Lipinski definition) is 0. The fraction of sp³-hybridized carbons (Fsp3) is 0.276. The Morgan fingerprint density at radius 3 is 2.29 bits per heavy atom. The van der Waals surface area contributed by atoms with Gasteiger partial charge < -0.3 is 14.4 Å². The topological polar surface area (TPSA) is 38.8 Å². The fourth-order valence-electron chi connectivity index (χ4n) is 5.19. The number of hydrogen-bond acceptors (Lipinski definition) is 3. The highest BCUT2D eigenvalue weighted by Crippen LogP contribution is 2.50. The van der Waals surface area contributed by atoms with Gasteiger partial charge in [0, 0.05) is 27.2 Å². The molecule has 34 heavy (non-hydrogen) atoms. The summed E-state index contributed by atoms with van der Waals surface area (Å²) in [4.78, 5) is 15.5. The quantitative estimate of drug-likeness (QED) is 0.340. The third-order valence-electron chi connectivity index (χ3n) is 6.66. The van der Waals surface area contributed by atoms with Gasteiger partial charge in [0.2, 0.25) is 0 Å². The van der Waals surface area contributed by atoms with Crippen LogP contribution in [0, 0.1) is 0 Å². The highest BCUT2D eigenvalue weighted by Gasteiger charge is 2.47. The van der Waals surface area contributed by atoms with Crippen molar-refractivity contribution < 1.29 is 14.3 Å². The molecule has 0 aromatic heterocycles. The Balaban J connectivity index is 1.72. The Hall–Kier alpha value is -3.05. The minimum atomic E-state index is -0.394. The van der Waals surface area contributed by atoms with Crippen molar-refractivity contribution in [2.45, 2.75) is 38.1 Å². The van der Waals surface area contributed by atoms with Crippen molar-refractivity contribution in [1.29, 1.82) is 0 Å². The second-order valence-electron chi connectivity index (χ2n) is 9.47. The maximum Gasteiger partial charge on any atom is 0.251 e. The lowest BCUT2D eigenvalue weighted by Crippen LogP contribution is -2.55. The molecule has 176 valence electrons. The minimum absolute atomic E-state index is 0.0508. The van der Waals surface area contributed by atoms with Gasteiger partial charge in [0.25, 0.3) is 5.91 Å². The van der Waals surface area contributed by atoms with Gasteiger partial charge in [0.05, 0.1) is 14.2 Å². The van der Waals surface area contributed by atoms with Crippen LogP contribution in [0.1, 0.15) is 43.9 Å². The molecule has 4 rings (SSSR count). The number of amides is 1. The summed E-state index contributed by atoms with van der Waals surface area (Å²) in [6, 6.07) is 22.4. The molecule has 4 nitrogen and oxygen atoms in total. The monoisotopic (exact) mass is 519 g/mol. The van der Waals surface area contributed by atoms with Gasteiger partial charge in [0.15, 0.2) is 11.5 Å². The van der Waals surface area contributed by atoms with Gasteiger partial charge in [-0.1, -0.05) is 59.3 Å². The molecular weight excluding hydrogens is 490 g/mol. The van der Waals surface area contributed by atoms with Crippen LogP contribution in [0.4, 0.5) is 5.69 Å². The summed E-state index contributed by atoms with van der Waals surface area (Å²) >= 11 is 3.55. The van der Waals surface area contributed by atoms with Gasteiger partial charge in [0.1, 0.15) is 0 Å². The molecule has 1 atom stereocenters. The third kappa shape index (κ3) is 4.37. The first-order chi connectivity index (χ1) is 16.2. The SMILES string of the molecule is COc1ccc(C=CC(=O)N2c3ccccc3C(C)(c3ccc(Br)cc3)CC2(C)C)cc1OC. The van der Waals surface area contributed by atoms with Crippen LogP contribution < -0.4 is 14.4 Å². The molecule has 0 radical (unpaired) electrons. The number of carbonyl (C=O) groups is 1. The predicted octanol–water partition coefficient (Wildman–Crippen LogP) is 7.00. The maximum absolute atomic E-state index is 13.6. The van der Waals surface area contributed by atoms with Crippen molar-refractivity contribution in [3.8, 4) is 11.5 Å². The van der Waals surface area contributed by atoms with E-state index in [1.807, 2.05) is 35.2 Å². The van der Waals surface area contributed by atoms with Crippen molar-refractivity contribution in [1.82, 2.24) is 0 Å². The lowest BCUT2D eigenvalue weighted by molar-refractivity contribution is -0.115. The van der Waals surface area contributed by atoms with Crippen LogP contribution in [-0.2, 0) is 10.2 Å². The molecule has 3 aromatic rings. The molecule has 0 saturated heterocycles. The van der Waals surface area contributed by atoms with Crippen LogP contribution in [0.15, 0.2) is 77.3 Å². The maximum atomic E-state index is 13.6. The summed E-state index contributed by atoms with van der Waals surface area (Å²) < 4.78 is 11.8. The molecule has 0 spiro atoms. The number of para-hydroxylation sites is 1. The first kappa shape index (κ1) is 24.1. The second kappa shape index (κ2) is 9.30. The van der Waals surface area contributed by atoms with Crippen LogP contribution in [0.3, 0.4) is 0 Å². The normalized spacial score (nSPS) is 19.1. The van der Waals surface area contributed by atoms with E-state index in [1.54, 1.807) is 20.3 Å². The van der Waals surface area contributed by atoms with Crippen LogP contribution in [-0.4, -0.2) is 25.7 Å². The molecule has 0 bridgehead atoms. The Morgan fingerprint density at radius 2 is 1.62 bits per heavy atom. The lowest BCUT2D eigenvalue weighted by Gasteiger charge is -2.51. The van der Waals surface area contributed by atoms with Gasteiger partial charge in [-0.25, -0.2) is 0 Å². The largest absolute Gasteiger partial charge is 0.493 e. The first-order valence-electron chi connectivity index (χ1n) is 11.3. The number of fused-ring (bicyclic) bond motifs is 1. The zero-order chi connectivity index (χ0) is 24.5. The molecule has 5 heteroatoms. The standard InChI is InChI=1S/C29H30BrNO3/c1-28(2)19-29(3,21-12-14-22(30)15-13-21)23-8-6-7-9-24(23)31(28)27(32)17-11-20-10-16-25(33-4)26(18-20)34-5/h6-18H,19H2,1-5H3. The summed E-state index contributed by atoms with van der Waals surface area (Å²) in [6.07, 6.45) is 4.27. The van der Waals surface area contributed by atoms with E-state index in [1.165, 1.54) is 5.56 Å². The average Bonchev–Trinajstić information content (AvgIpc) is 2.82. The Labute approximate surface area is 210 Å². The number of nitrogens with zero attached hydrogens (tertiary/aromatic N) is 1. The van der Waals surface area contributed by atoms with Crippen molar-refractivity contribution in [2.75, 3.05) is 19.1 Å². The number of anilines is 1.